The lowest BCUT2D eigenvalue weighted by molar-refractivity contribution is -0.135. The summed E-state index contributed by atoms with van der Waals surface area (Å²) >= 11 is 0. The Bertz CT molecular complexity index is 592. The van der Waals surface area contributed by atoms with E-state index in [0.29, 0.717) is 18.8 Å². The van der Waals surface area contributed by atoms with Crippen molar-refractivity contribution in [3.8, 4) is 0 Å². The third-order valence-electron chi connectivity index (χ3n) is 5.87. The van der Waals surface area contributed by atoms with Crippen LogP contribution >= 0.6 is 0 Å². The molecule has 0 bridgehead atoms. The van der Waals surface area contributed by atoms with Gasteiger partial charge in [0.1, 0.15) is 12.1 Å². The van der Waals surface area contributed by atoms with E-state index >= 15 is 0 Å². The molecule has 8 nitrogen and oxygen atoms in total. The van der Waals surface area contributed by atoms with Crippen molar-refractivity contribution in [3.63, 3.8) is 0 Å². The molecule has 2 saturated carbocycles. The van der Waals surface area contributed by atoms with Crippen molar-refractivity contribution < 1.29 is 19.2 Å². The Labute approximate surface area is 153 Å². The number of imide groups is 2. The van der Waals surface area contributed by atoms with Crippen LogP contribution in [0.3, 0.4) is 0 Å². The van der Waals surface area contributed by atoms with Gasteiger partial charge in [-0.1, -0.05) is 26.2 Å². The number of rotatable bonds is 3. The Morgan fingerprint density at radius 1 is 1.12 bits per heavy atom. The molecule has 0 atom stereocenters. The van der Waals surface area contributed by atoms with E-state index in [0.717, 1.165) is 43.4 Å². The van der Waals surface area contributed by atoms with E-state index in [9.17, 15) is 19.2 Å². The highest BCUT2D eigenvalue weighted by Crippen LogP contribution is 2.36. The number of nitrogens with zero attached hydrogens (tertiary/aromatic N) is 1. The van der Waals surface area contributed by atoms with Crippen molar-refractivity contribution in [2.45, 2.75) is 76.3 Å². The van der Waals surface area contributed by atoms with Crippen molar-refractivity contribution in [2.75, 3.05) is 6.54 Å². The van der Waals surface area contributed by atoms with Crippen LogP contribution in [0.1, 0.15) is 64.7 Å². The van der Waals surface area contributed by atoms with Crippen LogP contribution in [0.5, 0.6) is 0 Å². The third-order valence-corrected chi connectivity index (χ3v) is 5.87. The maximum atomic E-state index is 12.7. The van der Waals surface area contributed by atoms with Crippen molar-refractivity contribution >= 4 is 23.9 Å². The van der Waals surface area contributed by atoms with Gasteiger partial charge in [-0.25, -0.2) is 9.59 Å². The first kappa shape index (κ1) is 18.7. The lowest BCUT2D eigenvalue weighted by atomic mass is 9.77. The quantitative estimate of drug-likeness (QED) is 0.662. The predicted octanol–water partition coefficient (Wildman–Crippen LogP) is 1.65. The first-order chi connectivity index (χ1) is 12.4. The van der Waals surface area contributed by atoms with E-state index in [1.165, 1.54) is 6.42 Å². The topological polar surface area (TPSA) is 108 Å². The second kappa shape index (κ2) is 7.63. The summed E-state index contributed by atoms with van der Waals surface area (Å²) in [5.41, 5.74) is -0.867. The Morgan fingerprint density at radius 3 is 2.42 bits per heavy atom. The number of hydrogen-bond acceptors (Lipinski definition) is 4. The number of nitrogens with one attached hydrogen (secondary N) is 3. The molecule has 1 heterocycles. The second-order valence-corrected chi connectivity index (χ2v) is 7.94. The molecule has 1 spiro atoms. The smallest absolute Gasteiger partial charge is 0.325 e. The van der Waals surface area contributed by atoms with E-state index in [4.69, 9.17) is 0 Å². The molecule has 3 fully saturated rings. The summed E-state index contributed by atoms with van der Waals surface area (Å²) < 4.78 is 0. The fourth-order valence-electron chi connectivity index (χ4n) is 4.19. The van der Waals surface area contributed by atoms with Crippen LogP contribution in [0.15, 0.2) is 0 Å². The minimum absolute atomic E-state index is 0.0840. The standard InChI is InChI=1S/C18H28N4O4/c1-12-7-9-18(10-8-12)15(24)22(17(26)21-18)11-14(23)20-16(25)19-13-5-3-2-4-6-13/h12-13H,2-11H2,1H3,(H,21,26)(H2,19,20,23,25). The summed E-state index contributed by atoms with van der Waals surface area (Å²) in [6.45, 7) is 1.70. The zero-order valence-corrected chi connectivity index (χ0v) is 15.3. The first-order valence-electron chi connectivity index (χ1n) is 9.64. The van der Waals surface area contributed by atoms with E-state index in [-0.39, 0.29) is 11.9 Å². The molecular formula is C18H28N4O4. The number of carbonyl (C=O) groups is 4. The maximum Gasteiger partial charge on any atom is 0.325 e. The monoisotopic (exact) mass is 364 g/mol. The van der Waals surface area contributed by atoms with Gasteiger partial charge in [0.2, 0.25) is 5.91 Å². The summed E-state index contributed by atoms with van der Waals surface area (Å²) in [5, 5.41) is 7.79. The molecule has 3 N–H and O–H groups in total. The van der Waals surface area contributed by atoms with Gasteiger partial charge in [-0.2, -0.15) is 0 Å². The van der Waals surface area contributed by atoms with Gasteiger partial charge in [0, 0.05) is 6.04 Å². The molecule has 0 aromatic heterocycles. The molecule has 8 heteroatoms. The van der Waals surface area contributed by atoms with Gasteiger partial charge in [0.15, 0.2) is 0 Å². The van der Waals surface area contributed by atoms with Gasteiger partial charge in [0.25, 0.3) is 5.91 Å². The molecule has 26 heavy (non-hydrogen) atoms. The Balaban J connectivity index is 1.51. The molecule has 3 aliphatic rings. The first-order valence-corrected chi connectivity index (χ1v) is 9.64. The fourth-order valence-corrected chi connectivity index (χ4v) is 4.19. The van der Waals surface area contributed by atoms with Crippen LogP contribution in [-0.2, 0) is 9.59 Å². The number of carbonyl (C=O) groups excluding carboxylic acids is 4. The number of urea groups is 2. The van der Waals surface area contributed by atoms with Crippen molar-refractivity contribution in [1.29, 1.82) is 0 Å². The summed E-state index contributed by atoms with van der Waals surface area (Å²) in [6.07, 6.45) is 8.07. The normalized spacial score (nSPS) is 29.6. The molecule has 0 aromatic rings. The fraction of sp³-hybridized carbons (Fsp3) is 0.778. The minimum Gasteiger partial charge on any atom is -0.335 e. The maximum absolute atomic E-state index is 12.7. The summed E-state index contributed by atoms with van der Waals surface area (Å²) in [7, 11) is 0. The Hall–Kier alpha value is -2.12. The largest absolute Gasteiger partial charge is 0.335 e. The highest BCUT2D eigenvalue weighted by molar-refractivity contribution is 6.10. The van der Waals surface area contributed by atoms with Crippen LogP contribution in [0.25, 0.3) is 0 Å². The summed E-state index contributed by atoms with van der Waals surface area (Å²) in [6, 6.07) is -1.02. The van der Waals surface area contributed by atoms with Gasteiger partial charge in [-0.05, 0) is 44.4 Å². The summed E-state index contributed by atoms with van der Waals surface area (Å²) in [4.78, 5) is 49.9. The average Bonchev–Trinajstić information content (AvgIpc) is 2.83. The van der Waals surface area contributed by atoms with Gasteiger partial charge in [-0.3, -0.25) is 19.8 Å². The van der Waals surface area contributed by atoms with Gasteiger partial charge < -0.3 is 10.6 Å². The zero-order valence-electron chi connectivity index (χ0n) is 15.3. The molecule has 0 aromatic carbocycles. The third kappa shape index (κ3) is 3.99. The molecule has 0 unspecified atom stereocenters. The Kier molecular flexibility index (Phi) is 5.48. The highest BCUT2D eigenvalue weighted by atomic mass is 16.2. The number of hydrogen-bond donors (Lipinski definition) is 3. The number of amides is 6. The minimum atomic E-state index is -0.867. The molecule has 0 radical (unpaired) electrons. The molecule has 6 amide bonds. The Morgan fingerprint density at radius 2 is 1.77 bits per heavy atom. The van der Waals surface area contributed by atoms with Crippen LogP contribution < -0.4 is 16.0 Å². The summed E-state index contributed by atoms with van der Waals surface area (Å²) in [5.74, 6) is -0.466. The van der Waals surface area contributed by atoms with Crippen LogP contribution in [0.2, 0.25) is 0 Å². The predicted molar refractivity (Wildman–Crippen MR) is 94.2 cm³/mol. The van der Waals surface area contributed by atoms with E-state index in [2.05, 4.69) is 22.9 Å². The average molecular weight is 364 g/mol. The van der Waals surface area contributed by atoms with Crippen LogP contribution in [0.4, 0.5) is 9.59 Å². The molecular weight excluding hydrogens is 336 g/mol. The van der Waals surface area contributed by atoms with Crippen molar-refractivity contribution in [3.05, 3.63) is 0 Å². The second-order valence-electron chi connectivity index (χ2n) is 7.94. The van der Waals surface area contributed by atoms with E-state index < -0.39 is 30.1 Å². The van der Waals surface area contributed by atoms with E-state index in [1.807, 2.05) is 0 Å². The lowest BCUT2D eigenvalue weighted by Crippen LogP contribution is -2.51. The molecule has 3 rings (SSSR count). The molecule has 1 saturated heterocycles. The molecule has 1 aliphatic heterocycles. The van der Waals surface area contributed by atoms with Crippen molar-refractivity contribution in [2.24, 2.45) is 5.92 Å². The highest BCUT2D eigenvalue weighted by Gasteiger charge is 2.52. The van der Waals surface area contributed by atoms with Crippen molar-refractivity contribution in [1.82, 2.24) is 20.9 Å². The van der Waals surface area contributed by atoms with Crippen LogP contribution in [-0.4, -0.2) is 46.9 Å². The van der Waals surface area contributed by atoms with Gasteiger partial charge in [0.05, 0.1) is 0 Å². The lowest BCUT2D eigenvalue weighted by Gasteiger charge is -2.33. The SMILES string of the molecule is CC1CCC2(CC1)NC(=O)N(CC(=O)NC(=O)NC1CCCCC1)C2=O. The molecule has 144 valence electrons. The van der Waals surface area contributed by atoms with Crippen LogP contribution in [0, 0.1) is 5.92 Å². The zero-order chi connectivity index (χ0) is 18.7. The molecule has 2 aliphatic carbocycles. The van der Waals surface area contributed by atoms with Gasteiger partial charge >= 0.3 is 12.1 Å². The van der Waals surface area contributed by atoms with Gasteiger partial charge in [-0.15, -0.1) is 0 Å². The van der Waals surface area contributed by atoms with E-state index in [1.54, 1.807) is 0 Å².